The predicted octanol–water partition coefficient (Wildman–Crippen LogP) is 6.93. The average molecular weight is 466 g/mol. The second-order valence-corrected chi connectivity index (χ2v) is 8.83. The third-order valence-corrected chi connectivity index (χ3v) is 6.31. The lowest BCUT2D eigenvalue weighted by Crippen LogP contribution is -2.15. The summed E-state index contributed by atoms with van der Waals surface area (Å²) in [5.41, 5.74) is 1.49. The number of nitrogens with one attached hydrogen (secondary N) is 2. The zero-order valence-electron chi connectivity index (χ0n) is 13.1. The van der Waals surface area contributed by atoms with Crippen molar-refractivity contribution >= 4 is 89.7 Å². The van der Waals surface area contributed by atoms with Crippen LogP contribution in [0.5, 0.6) is 0 Å². The highest BCUT2D eigenvalue weighted by atomic mass is 35.5. The van der Waals surface area contributed by atoms with Crippen LogP contribution in [0, 0.1) is 0 Å². The smallest absolute Gasteiger partial charge is 0.172 e. The van der Waals surface area contributed by atoms with Crippen molar-refractivity contribution in [2.75, 3.05) is 23.7 Å². The summed E-state index contributed by atoms with van der Waals surface area (Å²) < 4.78 is 0. The number of hydrogen-bond acceptors (Lipinski definition) is 6. The molecule has 3 rings (SSSR count). The average Bonchev–Trinajstić information content (AvgIpc) is 2.57. The van der Waals surface area contributed by atoms with Gasteiger partial charge in [0.05, 0.1) is 34.5 Å². The zero-order valence-corrected chi connectivity index (χ0v) is 17.8. The Labute approximate surface area is 179 Å². The second-order valence-electron chi connectivity index (χ2n) is 5.04. The first-order valence-corrected chi connectivity index (χ1v) is 11.0. The molecule has 0 bridgehead atoms. The molecule has 1 heterocycles. The van der Waals surface area contributed by atoms with Gasteiger partial charge in [-0.2, -0.15) is 0 Å². The molecule has 2 aromatic carbocycles. The molecule has 0 aliphatic carbocycles. The van der Waals surface area contributed by atoms with Gasteiger partial charge in [-0.05, 0) is 58.0 Å². The fourth-order valence-electron chi connectivity index (χ4n) is 1.97. The van der Waals surface area contributed by atoms with E-state index in [1.807, 2.05) is 12.1 Å². The van der Waals surface area contributed by atoms with Crippen LogP contribution in [0.3, 0.4) is 0 Å². The van der Waals surface area contributed by atoms with Crippen LogP contribution in [0.15, 0.2) is 46.4 Å². The molecule has 0 atom stereocenters. The number of hydrogen-bond donors (Lipinski definition) is 2. The molecule has 0 unspecified atom stereocenters. The lowest BCUT2D eigenvalue weighted by molar-refractivity contribution is 0.981. The van der Waals surface area contributed by atoms with Crippen molar-refractivity contribution in [1.29, 1.82) is 0 Å². The number of aliphatic imine (C=N–C) groups is 2. The highest BCUT2D eigenvalue weighted by Gasteiger charge is 2.12. The standard InChI is InChI=1S/C16H12Cl4N4S2/c17-9-1-3-13(11(19)7-9)23-15-21-5-6-22-16(26-25-15)24-14-4-2-10(18)8-12(14)20/h1-4,7-8H,5-6H2,(H,21,23)(H,22,24). The maximum atomic E-state index is 6.21. The van der Waals surface area contributed by atoms with Crippen LogP contribution < -0.4 is 10.6 Å². The number of benzene rings is 2. The van der Waals surface area contributed by atoms with Crippen molar-refractivity contribution in [2.45, 2.75) is 0 Å². The van der Waals surface area contributed by atoms with Gasteiger partial charge < -0.3 is 10.6 Å². The molecule has 26 heavy (non-hydrogen) atoms. The van der Waals surface area contributed by atoms with Crippen LogP contribution in [0.4, 0.5) is 11.4 Å². The maximum Gasteiger partial charge on any atom is 0.172 e. The molecule has 0 amide bonds. The van der Waals surface area contributed by atoms with E-state index >= 15 is 0 Å². The Morgan fingerprint density at radius 3 is 1.50 bits per heavy atom. The summed E-state index contributed by atoms with van der Waals surface area (Å²) in [5, 5.41) is 10.1. The van der Waals surface area contributed by atoms with Gasteiger partial charge in [0, 0.05) is 10.0 Å². The summed E-state index contributed by atoms with van der Waals surface area (Å²) in [6, 6.07) is 10.5. The summed E-state index contributed by atoms with van der Waals surface area (Å²) in [5.74, 6) is 0. The Hall–Kier alpha value is -0.760. The van der Waals surface area contributed by atoms with Crippen LogP contribution in [-0.2, 0) is 0 Å². The summed E-state index contributed by atoms with van der Waals surface area (Å²) in [4.78, 5) is 8.98. The van der Waals surface area contributed by atoms with Crippen molar-refractivity contribution in [1.82, 2.24) is 0 Å². The molecule has 0 saturated heterocycles. The second kappa shape index (κ2) is 9.44. The van der Waals surface area contributed by atoms with Crippen molar-refractivity contribution < 1.29 is 0 Å². The Balaban J connectivity index is 1.66. The molecule has 10 heteroatoms. The molecule has 0 spiro atoms. The first-order valence-electron chi connectivity index (χ1n) is 7.39. The largest absolute Gasteiger partial charge is 0.333 e. The fraction of sp³-hybridized carbons (Fsp3) is 0.125. The van der Waals surface area contributed by atoms with E-state index in [-0.39, 0.29) is 0 Å². The minimum absolute atomic E-state index is 0.535. The van der Waals surface area contributed by atoms with E-state index in [0.29, 0.717) is 33.2 Å². The van der Waals surface area contributed by atoms with E-state index in [0.717, 1.165) is 21.7 Å². The lowest BCUT2D eigenvalue weighted by Gasteiger charge is -2.15. The predicted molar refractivity (Wildman–Crippen MR) is 120 cm³/mol. The van der Waals surface area contributed by atoms with Gasteiger partial charge in [0.2, 0.25) is 0 Å². The number of anilines is 2. The van der Waals surface area contributed by atoms with Crippen molar-refractivity contribution in [3.8, 4) is 0 Å². The van der Waals surface area contributed by atoms with Crippen LogP contribution in [0.25, 0.3) is 0 Å². The monoisotopic (exact) mass is 464 g/mol. The third-order valence-electron chi connectivity index (χ3n) is 3.16. The highest BCUT2D eigenvalue weighted by Crippen LogP contribution is 2.32. The molecule has 0 radical (unpaired) electrons. The molecule has 0 saturated carbocycles. The van der Waals surface area contributed by atoms with Crippen LogP contribution in [0.1, 0.15) is 0 Å². The first kappa shape index (κ1) is 20.0. The van der Waals surface area contributed by atoms with Gasteiger partial charge in [0.1, 0.15) is 0 Å². The molecular formula is C16H12Cl4N4S2. The van der Waals surface area contributed by atoms with E-state index in [9.17, 15) is 0 Å². The molecule has 1 aliphatic heterocycles. The molecule has 2 aromatic rings. The normalized spacial score (nSPS) is 14.8. The molecule has 0 fully saturated rings. The van der Waals surface area contributed by atoms with E-state index in [2.05, 4.69) is 20.6 Å². The summed E-state index contributed by atoms with van der Waals surface area (Å²) >= 11 is 24.3. The maximum absolute atomic E-state index is 6.21. The molecule has 1 aliphatic rings. The third kappa shape index (κ3) is 5.62. The van der Waals surface area contributed by atoms with Crippen LogP contribution in [0.2, 0.25) is 20.1 Å². The minimum atomic E-state index is 0.535. The number of rotatable bonds is 2. The fourth-order valence-corrected chi connectivity index (χ4v) is 4.67. The van der Waals surface area contributed by atoms with Gasteiger partial charge in [-0.25, -0.2) is 0 Å². The SMILES string of the molecule is Clc1ccc(NC2=NCCN=C(Nc3ccc(Cl)cc3Cl)SS2)c(Cl)c1. The van der Waals surface area contributed by atoms with Gasteiger partial charge in [-0.15, -0.1) is 0 Å². The highest BCUT2D eigenvalue weighted by molar-refractivity contribution is 8.87. The van der Waals surface area contributed by atoms with E-state index in [4.69, 9.17) is 46.4 Å². The molecule has 0 aromatic heterocycles. The Morgan fingerprint density at radius 2 is 1.12 bits per heavy atom. The van der Waals surface area contributed by atoms with Crippen molar-refractivity contribution in [3.05, 3.63) is 56.5 Å². The zero-order chi connectivity index (χ0) is 18.5. The first-order chi connectivity index (χ1) is 12.5. The Kier molecular flexibility index (Phi) is 7.26. The summed E-state index contributed by atoms with van der Waals surface area (Å²) in [7, 11) is 2.89. The van der Waals surface area contributed by atoms with E-state index < -0.39 is 0 Å². The Bertz CT molecular complexity index is 802. The van der Waals surface area contributed by atoms with Gasteiger partial charge in [-0.3, -0.25) is 9.98 Å². The van der Waals surface area contributed by atoms with Gasteiger partial charge in [0.25, 0.3) is 0 Å². The van der Waals surface area contributed by atoms with Gasteiger partial charge in [-0.1, -0.05) is 46.4 Å². The molecule has 4 nitrogen and oxygen atoms in total. The molecule has 136 valence electrons. The van der Waals surface area contributed by atoms with Crippen LogP contribution in [-0.4, -0.2) is 23.4 Å². The van der Waals surface area contributed by atoms with Crippen molar-refractivity contribution in [2.24, 2.45) is 9.98 Å². The van der Waals surface area contributed by atoms with E-state index in [1.54, 1.807) is 24.3 Å². The molecular weight excluding hydrogens is 454 g/mol. The Morgan fingerprint density at radius 1 is 0.692 bits per heavy atom. The van der Waals surface area contributed by atoms with Gasteiger partial charge >= 0.3 is 0 Å². The summed E-state index contributed by atoms with van der Waals surface area (Å²) in [6.45, 7) is 1.11. The number of amidine groups is 2. The number of halogens is 4. The van der Waals surface area contributed by atoms with Crippen LogP contribution >= 0.6 is 68.0 Å². The molecule has 2 N–H and O–H groups in total. The summed E-state index contributed by atoms with van der Waals surface area (Å²) in [6.07, 6.45) is 0. The topological polar surface area (TPSA) is 48.8 Å². The number of nitrogens with zero attached hydrogens (tertiary/aromatic N) is 2. The van der Waals surface area contributed by atoms with Gasteiger partial charge in [0.15, 0.2) is 10.3 Å². The lowest BCUT2D eigenvalue weighted by atomic mass is 10.3. The minimum Gasteiger partial charge on any atom is -0.333 e. The van der Waals surface area contributed by atoms with Crippen molar-refractivity contribution in [3.63, 3.8) is 0 Å². The van der Waals surface area contributed by atoms with E-state index in [1.165, 1.54) is 21.6 Å². The quantitative estimate of drug-likeness (QED) is 0.472.